The third kappa shape index (κ3) is 5.69. The second kappa shape index (κ2) is 8.78. The van der Waals surface area contributed by atoms with Gasteiger partial charge in [-0.25, -0.2) is 0 Å². The Morgan fingerprint density at radius 3 is 2.44 bits per heavy atom. The Kier molecular flexibility index (Phi) is 6.73. The molecule has 1 saturated heterocycles. The lowest BCUT2D eigenvalue weighted by Crippen LogP contribution is -2.55. The van der Waals surface area contributed by atoms with E-state index in [-0.39, 0.29) is 17.4 Å². The molecule has 1 aromatic rings. The lowest BCUT2D eigenvalue weighted by Gasteiger charge is -2.40. The van der Waals surface area contributed by atoms with Gasteiger partial charge in [0.05, 0.1) is 13.2 Å². The number of hydrogen-bond acceptors (Lipinski definition) is 4. The Balaban J connectivity index is 1.84. The molecule has 0 radical (unpaired) electrons. The number of carbonyl (C=O) groups excluding carboxylic acids is 2. The minimum atomic E-state index is -0.128. The number of benzene rings is 1. The van der Waals surface area contributed by atoms with E-state index in [4.69, 9.17) is 4.74 Å². The average molecular weight is 345 g/mol. The molecule has 136 valence electrons. The van der Waals surface area contributed by atoms with Crippen LogP contribution in [0.5, 0.6) is 0 Å². The summed E-state index contributed by atoms with van der Waals surface area (Å²) < 4.78 is 5.37. The molecule has 0 spiro atoms. The van der Waals surface area contributed by atoms with Crippen molar-refractivity contribution in [2.24, 2.45) is 0 Å². The van der Waals surface area contributed by atoms with Crippen LogP contribution in [0.1, 0.15) is 29.8 Å². The molecule has 6 heteroatoms. The van der Waals surface area contributed by atoms with Gasteiger partial charge in [0, 0.05) is 43.9 Å². The van der Waals surface area contributed by atoms with Crippen LogP contribution in [0.4, 0.5) is 0 Å². The van der Waals surface area contributed by atoms with Gasteiger partial charge in [-0.2, -0.15) is 0 Å². The summed E-state index contributed by atoms with van der Waals surface area (Å²) in [6.45, 7) is 8.07. The monoisotopic (exact) mass is 345 g/mol. The molecule has 1 aromatic carbocycles. The second-order valence-electron chi connectivity index (χ2n) is 6.66. The zero-order valence-corrected chi connectivity index (χ0v) is 15.2. The number of hydrogen-bond donors (Lipinski definition) is 2. The van der Waals surface area contributed by atoms with Crippen LogP contribution < -0.4 is 10.6 Å². The minimum Gasteiger partial charge on any atom is -0.379 e. The second-order valence-corrected chi connectivity index (χ2v) is 6.66. The van der Waals surface area contributed by atoms with Crippen LogP contribution in [0.2, 0.25) is 0 Å². The molecule has 0 bridgehead atoms. The number of amides is 2. The molecule has 2 rings (SSSR count). The highest BCUT2D eigenvalue weighted by Gasteiger charge is 2.28. The van der Waals surface area contributed by atoms with Gasteiger partial charge in [-0.3, -0.25) is 14.5 Å². The van der Waals surface area contributed by atoms with Crippen molar-refractivity contribution in [1.29, 1.82) is 0 Å². The Labute approximate surface area is 149 Å². The van der Waals surface area contributed by atoms with Crippen LogP contribution >= 0.6 is 0 Å². The lowest BCUT2D eigenvalue weighted by atomic mass is 10.0. The van der Waals surface area contributed by atoms with Crippen molar-refractivity contribution in [2.75, 3.05) is 39.9 Å². The van der Waals surface area contributed by atoms with Gasteiger partial charge in [0.1, 0.15) is 0 Å². The van der Waals surface area contributed by atoms with Crippen LogP contribution in [0.15, 0.2) is 30.3 Å². The van der Waals surface area contributed by atoms with Crippen LogP contribution in [-0.4, -0.2) is 62.1 Å². The SMILES string of the molecule is CNC(=O)c1ccc(/C=C/C(=O)NCC(C)(C)N2CCOCC2)cc1. The van der Waals surface area contributed by atoms with Crippen molar-refractivity contribution in [3.8, 4) is 0 Å². The molecule has 1 aliphatic rings. The highest BCUT2D eigenvalue weighted by molar-refractivity contribution is 5.94. The maximum Gasteiger partial charge on any atom is 0.251 e. The number of ether oxygens (including phenoxy) is 1. The predicted octanol–water partition coefficient (Wildman–Crippen LogP) is 1.29. The fraction of sp³-hybridized carbons (Fsp3) is 0.474. The van der Waals surface area contributed by atoms with E-state index < -0.39 is 0 Å². The van der Waals surface area contributed by atoms with Crippen molar-refractivity contribution in [3.63, 3.8) is 0 Å². The number of rotatable bonds is 6. The first-order valence-corrected chi connectivity index (χ1v) is 8.53. The summed E-state index contributed by atoms with van der Waals surface area (Å²) in [4.78, 5) is 25.9. The maximum absolute atomic E-state index is 12.1. The third-order valence-electron chi connectivity index (χ3n) is 4.39. The molecule has 1 heterocycles. The summed E-state index contributed by atoms with van der Waals surface area (Å²) in [5.74, 6) is -0.254. The molecule has 0 unspecified atom stereocenters. The van der Waals surface area contributed by atoms with Crippen molar-refractivity contribution in [2.45, 2.75) is 19.4 Å². The largest absolute Gasteiger partial charge is 0.379 e. The third-order valence-corrected chi connectivity index (χ3v) is 4.39. The van der Waals surface area contributed by atoms with Crippen molar-refractivity contribution in [3.05, 3.63) is 41.5 Å². The molecule has 25 heavy (non-hydrogen) atoms. The highest BCUT2D eigenvalue weighted by atomic mass is 16.5. The Morgan fingerprint density at radius 2 is 1.84 bits per heavy atom. The van der Waals surface area contributed by atoms with E-state index in [2.05, 4.69) is 29.4 Å². The molecule has 0 aromatic heterocycles. The summed E-state index contributed by atoms with van der Waals surface area (Å²) in [6, 6.07) is 7.09. The van der Waals surface area contributed by atoms with E-state index >= 15 is 0 Å². The molecule has 0 saturated carbocycles. The van der Waals surface area contributed by atoms with E-state index in [1.165, 1.54) is 6.08 Å². The molecule has 1 fully saturated rings. The summed E-state index contributed by atoms with van der Waals surface area (Å²) in [7, 11) is 1.60. The fourth-order valence-corrected chi connectivity index (χ4v) is 2.70. The molecule has 0 aliphatic carbocycles. The normalized spacial score (nSPS) is 16.0. The number of morpholine rings is 1. The first-order valence-electron chi connectivity index (χ1n) is 8.53. The Morgan fingerprint density at radius 1 is 1.20 bits per heavy atom. The quantitative estimate of drug-likeness (QED) is 0.762. The van der Waals surface area contributed by atoms with Gasteiger partial charge in [0.15, 0.2) is 0 Å². The van der Waals surface area contributed by atoms with Gasteiger partial charge in [-0.1, -0.05) is 12.1 Å². The van der Waals surface area contributed by atoms with Crippen LogP contribution in [0, 0.1) is 0 Å². The number of nitrogens with zero attached hydrogens (tertiary/aromatic N) is 1. The number of carbonyl (C=O) groups is 2. The summed E-state index contributed by atoms with van der Waals surface area (Å²) in [6.07, 6.45) is 3.26. The molecule has 0 atom stereocenters. The van der Waals surface area contributed by atoms with Gasteiger partial charge in [-0.05, 0) is 37.6 Å². The van der Waals surface area contributed by atoms with Gasteiger partial charge < -0.3 is 15.4 Å². The molecular formula is C19H27N3O3. The topological polar surface area (TPSA) is 70.7 Å². The highest BCUT2D eigenvalue weighted by Crippen LogP contribution is 2.15. The van der Waals surface area contributed by atoms with Crippen LogP contribution in [0.25, 0.3) is 6.08 Å². The molecule has 2 amide bonds. The van der Waals surface area contributed by atoms with E-state index in [1.54, 1.807) is 25.3 Å². The zero-order valence-electron chi connectivity index (χ0n) is 15.2. The first-order chi connectivity index (χ1) is 11.9. The van der Waals surface area contributed by atoms with Gasteiger partial charge in [-0.15, -0.1) is 0 Å². The van der Waals surface area contributed by atoms with E-state index in [0.717, 1.165) is 31.9 Å². The fourth-order valence-electron chi connectivity index (χ4n) is 2.70. The predicted molar refractivity (Wildman–Crippen MR) is 98.3 cm³/mol. The first kappa shape index (κ1) is 19.1. The zero-order chi connectivity index (χ0) is 18.3. The Hall–Kier alpha value is -2.18. The van der Waals surface area contributed by atoms with Gasteiger partial charge >= 0.3 is 0 Å². The van der Waals surface area contributed by atoms with E-state index in [9.17, 15) is 9.59 Å². The molecule has 6 nitrogen and oxygen atoms in total. The molecule has 1 aliphatic heterocycles. The summed E-state index contributed by atoms with van der Waals surface area (Å²) in [5.41, 5.74) is 1.36. The van der Waals surface area contributed by atoms with E-state index in [0.29, 0.717) is 12.1 Å². The summed E-state index contributed by atoms with van der Waals surface area (Å²) in [5, 5.41) is 5.53. The van der Waals surface area contributed by atoms with Gasteiger partial charge in [0.25, 0.3) is 5.91 Å². The standard InChI is InChI=1S/C19H27N3O3/c1-19(2,22-10-12-25-13-11-22)14-21-17(23)9-6-15-4-7-16(8-5-15)18(24)20-3/h4-9H,10-14H2,1-3H3,(H,20,24)(H,21,23)/b9-6+. The minimum absolute atomic E-state index is 0.109. The smallest absolute Gasteiger partial charge is 0.251 e. The number of nitrogens with one attached hydrogen (secondary N) is 2. The molecular weight excluding hydrogens is 318 g/mol. The van der Waals surface area contributed by atoms with Crippen molar-refractivity contribution < 1.29 is 14.3 Å². The molecule has 2 N–H and O–H groups in total. The maximum atomic E-state index is 12.1. The van der Waals surface area contributed by atoms with Crippen LogP contribution in [-0.2, 0) is 9.53 Å². The Bertz CT molecular complexity index is 617. The average Bonchev–Trinajstić information content (AvgIpc) is 2.65. The summed E-state index contributed by atoms with van der Waals surface area (Å²) >= 11 is 0. The van der Waals surface area contributed by atoms with Gasteiger partial charge in [0.2, 0.25) is 5.91 Å². The van der Waals surface area contributed by atoms with E-state index in [1.807, 2.05) is 12.1 Å². The van der Waals surface area contributed by atoms with Crippen LogP contribution in [0.3, 0.4) is 0 Å². The van der Waals surface area contributed by atoms with Crippen molar-refractivity contribution >= 4 is 17.9 Å². The van der Waals surface area contributed by atoms with Crippen molar-refractivity contribution in [1.82, 2.24) is 15.5 Å². The lowest BCUT2D eigenvalue weighted by molar-refractivity contribution is -0.117.